The molecule has 3 aromatic carbocycles. The predicted octanol–water partition coefficient (Wildman–Crippen LogP) is 4.58. The molecular weight excluding hydrogens is 431 g/mol. The van der Waals surface area contributed by atoms with Crippen molar-refractivity contribution in [2.45, 2.75) is 31.2 Å². The number of carbonyl (C=O) groups is 1. The molecular formula is C24H23FN2O4S. The fourth-order valence-electron chi connectivity index (χ4n) is 4.33. The second-order valence-corrected chi connectivity index (χ2v) is 9.10. The first kappa shape index (κ1) is 21.8. The Balaban J connectivity index is 1.47. The number of hydrogen-bond donors (Lipinski definition) is 2. The van der Waals surface area contributed by atoms with E-state index >= 15 is 0 Å². The van der Waals surface area contributed by atoms with Gasteiger partial charge in [0, 0.05) is 18.2 Å². The number of anilines is 1. The van der Waals surface area contributed by atoms with Crippen molar-refractivity contribution in [3.05, 3.63) is 82.4 Å². The molecule has 8 heteroatoms. The lowest BCUT2D eigenvalue weighted by molar-refractivity contribution is 0.142. The van der Waals surface area contributed by atoms with Crippen molar-refractivity contribution >= 4 is 22.0 Å². The van der Waals surface area contributed by atoms with Gasteiger partial charge in [-0.3, -0.25) is 0 Å². The smallest absolute Gasteiger partial charge is 0.407 e. The second-order valence-electron chi connectivity index (χ2n) is 7.82. The molecule has 0 atom stereocenters. The zero-order valence-electron chi connectivity index (χ0n) is 17.7. The molecule has 32 heavy (non-hydrogen) atoms. The van der Waals surface area contributed by atoms with Crippen molar-refractivity contribution in [1.29, 1.82) is 0 Å². The SMILES string of the molecule is Cc1c(N)cc(CNC(=O)OCC2c3ccccc3-c3ccccc32)c(C)c1S(=O)(=O)F. The largest absolute Gasteiger partial charge is 0.449 e. The van der Waals surface area contributed by atoms with Crippen LogP contribution in [0.25, 0.3) is 11.1 Å². The third-order valence-electron chi connectivity index (χ3n) is 5.94. The molecule has 6 nitrogen and oxygen atoms in total. The van der Waals surface area contributed by atoms with E-state index in [-0.39, 0.29) is 35.9 Å². The summed E-state index contributed by atoms with van der Waals surface area (Å²) in [5, 5.41) is 2.60. The van der Waals surface area contributed by atoms with Crippen molar-refractivity contribution in [2.24, 2.45) is 0 Å². The summed E-state index contributed by atoms with van der Waals surface area (Å²) in [5.74, 6) is -0.0758. The number of ether oxygens (including phenoxy) is 1. The monoisotopic (exact) mass is 454 g/mol. The zero-order valence-corrected chi connectivity index (χ0v) is 18.5. The number of alkyl carbamates (subject to hydrolysis) is 1. The summed E-state index contributed by atoms with van der Waals surface area (Å²) in [5.41, 5.74) is 11.2. The minimum atomic E-state index is -4.95. The van der Waals surface area contributed by atoms with Crippen LogP contribution in [-0.2, 0) is 21.5 Å². The Hall–Kier alpha value is -3.39. The van der Waals surface area contributed by atoms with E-state index in [4.69, 9.17) is 10.5 Å². The van der Waals surface area contributed by atoms with E-state index in [0.29, 0.717) is 5.56 Å². The highest BCUT2D eigenvalue weighted by Gasteiger charge is 2.29. The summed E-state index contributed by atoms with van der Waals surface area (Å²) >= 11 is 0. The number of carbonyl (C=O) groups excluding carboxylic acids is 1. The Kier molecular flexibility index (Phi) is 5.64. The number of amides is 1. The molecule has 3 aromatic rings. The molecule has 1 amide bonds. The van der Waals surface area contributed by atoms with Crippen LogP contribution in [0.3, 0.4) is 0 Å². The summed E-state index contributed by atoms with van der Waals surface area (Å²) < 4.78 is 42.3. The number of benzene rings is 3. The van der Waals surface area contributed by atoms with E-state index in [2.05, 4.69) is 17.4 Å². The maximum absolute atomic E-state index is 13.7. The average Bonchev–Trinajstić information content (AvgIpc) is 3.07. The van der Waals surface area contributed by atoms with Crippen LogP contribution >= 0.6 is 0 Å². The molecule has 3 N–H and O–H groups in total. The van der Waals surface area contributed by atoms with Crippen LogP contribution in [0.5, 0.6) is 0 Å². The molecule has 0 bridgehead atoms. The molecule has 1 aliphatic carbocycles. The van der Waals surface area contributed by atoms with Gasteiger partial charge in [0.15, 0.2) is 0 Å². The van der Waals surface area contributed by atoms with Crippen molar-refractivity contribution < 1.29 is 21.8 Å². The maximum Gasteiger partial charge on any atom is 0.407 e. The summed E-state index contributed by atoms with van der Waals surface area (Å²) in [6, 6.07) is 17.6. The molecule has 0 unspecified atom stereocenters. The third kappa shape index (κ3) is 3.93. The molecule has 4 rings (SSSR count). The van der Waals surface area contributed by atoms with E-state index in [1.165, 1.54) is 19.9 Å². The summed E-state index contributed by atoms with van der Waals surface area (Å²) in [7, 11) is -4.95. The lowest BCUT2D eigenvalue weighted by Gasteiger charge is -2.16. The molecule has 0 heterocycles. The Morgan fingerprint density at radius 1 is 1.03 bits per heavy atom. The molecule has 0 saturated heterocycles. The number of fused-ring (bicyclic) bond motifs is 3. The molecule has 0 spiro atoms. The second kappa shape index (κ2) is 8.27. The number of hydrogen-bond acceptors (Lipinski definition) is 5. The van der Waals surface area contributed by atoms with Crippen LogP contribution in [0.15, 0.2) is 59.5 Å². The van der Waals surface area contributed by atoms with Gasteiger partial charge in [-0.2, -0.15) is 8.42 Å². The molecule has 0 aliphatic heterocycles. The van der Waals surface area contributed by atoms with Gasteiger partial charge in [0.1, 0.15) is 11.5 Å². The van der Waals surface area contributed by atoms with Gasteiger partial charge in [0.05, 0.1) is 0 Å². The summed E-state index contributed by atoms with van der Waals surface area (Å²) in [6.07, 6.45) is -0.657. The molecule has 0 fully saturated rings. The fourth-order valence-corrected chi connectivity index (χ4v) is 5.31. The van der Waals surface area contributed by atoms with Gasteiger partial charge >= 0.3 is 16.3 Å². The average molecular weight is 455 g/mol. The summed E-state index contributed by atoms with van der Waals surface area (Å²) in [6.45, 7) is 3.03. The first-order valence-electron chi connectivity index (χ1n) is 10.1. The van der Waals surface area contributed by atoms with Crippen molar-refractivity contribution in [2.75, 3.05) is 12.3 Å². The normalized spacial score (nSPS) is 12.8. The molecule has 166 valence electrons. The van der Waals surface area contributed by atoms with E-state index in [1.54, 1.807) is 0 Å². The van der Waals surface area contributed by atoms with Crippen LogP contribution in [0.4, 0.5) is 14.4 Å². The molecule has 0 aromatic heterocycles. The highest BCUT2D eigenvalue weighted by Crippen LogP contribution is 2.44. The first-order chi connectivity index (χ1) is 15.2. The minimum Gasteiger partial charge on any atom is -0.449 e. The highest BCUT2D eigenvalue weighted by atomic mass is 32.3. The van der Waals surface area contributed by atoms with Gasteiger partial charge in [0.2, 0.25) is 0 Å². The zero-order chi connectivity index (χ0) is 23.0. The topological polar surface area (TPSA) is 98.5 Å². The maximum atomic E-state index is 13.7. The van der Waals surface area contributed by atoms with Gasteiger partial charge in [0.25, 0.3) is 0 Å². The standard InChI is InChI=1S/C24H23FN2O4S/c1-14-16(11-22(26)15(2)23(14)32(25,29)30)12-27-24(28)31-13-21-19-9-5-3-7-17(19)18-8-4-6-10-20(18)21/h3-11,21H,12-13,26H2,1-2H3,(H,27,28). The van der Waals surface area contributed by atoms with Crippen molar-refractivity contribution in [3.8, 4) is 11.1 Å². The molecule has 1 aliphatic rings. The van der Waals surface area contributed by atoms with Crippen LogP contribution in [0.2, 0.25) is 0 Å². The van der Waals surface area contributed by atoms with Crippen molar-refractivity contribution in [1.82, 2.24) is 5.32 Å². The van der Waals surface area contributed by atoms with Gasteiger partial charge in [-0.25, -0.2) is 4.79 Å². The van der Waals surface area contributed by atoms with E-state index < -0.39 is 21.2 Å². The van der Waals surface area contributed by atoms with Crippen molar-refractivity contribution in [3.63, 3.8) is 0 Å². The third-order valence-corrected chi connectivity index (χ3v) is 7.04. The van der Waals surface area contributed by atoms with Gasteiger partial charge in [-0.15, -0.1) is 3.89 Å². The van der Waals surface area contributed by atoms with Gasteiger partial charge in [-0.05, 0) is 58.9 Å². The van der Waals surface area contributed by atoms with Crippen LogP contribution in [-0.4, -0.2) is 21.1 Å². The van der Waals surface area contributed by atoms with Gasteiger partial charge < -0.3 is 15.8 Å². The number of nitrogen functional groups attached to an aromatic ring is 1. The quantitative estimate of drug-likeness (QED) is 0.434. The highest BCUT2D eigenvalue weighted by molar-refractivity contribution is 7.86. The fraction of sp³-hybridized carbons (Fsp3) is 0.208. The predicted molar refractivity (Wildman–Crippen MR) is 121 cm³/mol. The van der Waals surface area contributed by atoms with Crippen LogP contribution < -0.4 is 11.1 Å². The summed E-state index contributed by atoms with van der Waals surface area (Å²) in [4.78, 5) is 11.9. The lowest BCUT2D eigenvalue weighted by Crippen LogP contribution is -2.26. The Labute approximate surface area is 186 Å². The van der Waals surface area contributed by atoms with E-state index in [0.717, 1.165) is 22.3 Å². The molecule has 0 radical (unpaired) electrons. The van der Waals surface area contributed by atoms with E-state index in [9.17, 15) is 17.1 Å². The number of nitrogens with two attached hydrogens (primary N) is 1. The van der Waals surface area contributed by atoms with Crippen LogP contribution in [0.1, 0.15) is 33.7 Å². The van der Waals surface area contributed by atoms with Crippen LogP contribution in [0, 0.1) is 13.8 Å². The Morgan fingerprint density at radius 3 is 2.16 bits per heavy atom. The lowest BCUT2D eigenvalue weighted by atomic mass is 9.98. The molecule has 0 saturated carbocycles. The number of nitrogens with one attached hydrogen (secondary N) is 1. The number of halogens is 1. The number of rotatable bonds is 5. The Bertz CT molecular complexity index is 1280. The van der Waals surface area contributed by atoms with E-state index in [1.807, 2.05) is 36.4 Å². The van der Waals surface area contributed by atoms with Gasteiger partial charge in [-0.1, -0.05) is 48.5 Å². The Morgan fingerprint density at radius 2 is 1.59 bits per heavy atom. The minimum absolute atomic E-state index is 0.0461. The first-order valence-corrected chi connectivity index (χ1v) is 11.5.